The molecule has 0 aromatic heterocycles. The molecule has 4 unspecified atom stereocenters. The van der Waals surface area contributed by atoms with E-state index in [4.69, 9.17) is 9.47 Å². The molecule has 2 saturated carbocycles. The van der Waals surface area contributed by atoms with Crippen LogP contribution in [0.1, 0.15) is 36.1 Å². The molecule has 1 aliphatic heterocycles. The van der Waals surface area contributed by atoms with Crippen molar-refractivity contribution in [2.75, 3.05) is 13.2 Å². The Bertz CT molecular complexity index is 488. The summed E-state index contributed by atoms with van der Waals surface area (Å²) in [4.78, 5) is 0.471. The molecule has 19 heavy (non-hydrogen) atoms. The number of alkyl halides is 1. The van der Waals surface area contributed by atoms with Crippen molar-refractivity contribution >= 4 is 15.9 Å². The SMILES string of the molecule is BrC(c1ccc2c(c1)OCCO2)C1CC2CCC1C2. The predicted molar refractivity (Wildman–Crippen MR) is 78.0 cm³/mol. The summed E-state index contributed by atoms with van der Waals surface area (Å²) in [6.45, 7) is 1.33. The van der Waals surface area contributed by atoms with Gasteiger partial charge in [-0.05, 0) is 54.7 Å². The van der Waals surface area contributed by atoms with Crippen LogP contribution < -0.4 is 9.47 Å². The first-order valence-electron chi connectivity index (χ1n) is 7.35. The molecule has 2 nitrogen and oxygen atoms in total. The largest absolute Gasteiger partial charge is 0.486 e. The Labute approximate surface area is 122 Å². The Balaban J connectivity index is 1.58. The second kappa shape index (κ2) is 4.69. The highest BCUT2D eigenvalue weighted by atomic mass is 79.9. The Morgan fingerprint density at radius 3 is 2.63 bits per heavy atom. The number of benzene rings is 1. The van der Waals surface area contributed by atoms with Crippen LogP contribution in [0.4, 0.5) is 0 Å². The number of hydrogen-bond acceptors (Lipinski definition) is 2. The second-order valence-electron chi connectivity index (χ2n) is 6.14. The summed E-state index contributed by atoms with van der Waals surface area (Å²) in [6.07, 6.45) is 5.75. The summed E-state index contributed by atoms with van der Waals surface area (Å²) in [7, 11) is 0. The Hall–Kier alpha value is -0.700. The van der Waals surface area contributed by atoms with Gasteiger partial charge in [-0.15, -0.1) is 0 Å². The lowest BCUT2D eigenvalue weighted by atomic mass is 9.84. The lowest BCUT2D eigenvalue weighted by molar-refractivity contribution is 0.171. The van der Waals surface area contributed by atoms with Gasteiger partial charge in [-0.2, -0.15) is 0 Å². The molecule has 2 aliphatic carbocycles. The fourth-order valence-electron chi connectivity index (χ4n) is 4.13. The van der Waals surface area contributed by atoms with Crippen molar-refractivity contribution in [3.63, 3.8) is 0 Å². The molecule has 1 aromatic carbocycles. The summed E-state index contributed by atoms with van der Waals surface area (Å²) in [5.74, 6) is 4.54. The molecule has 0 amide bonds. The van der Waals surface area contributed by atoms with Crippen LogP contribution in [0.5, 0.6) is 11.5 Å². The first kappa shape index (κ1) is 12.1. The smallest absolute Gasteiger partial charge is 0.161 e. The zero-order chi connectivity index (χ0) is 12.8. The second-order valence-corrected chi connectivity index (χ2v) is 7.13. The van der Waals surface area contributed by atoms with Gasteiger partial charge in [0, 0.05) is 4.83 Å². The van der Waals surface area contributed by atoms with Crippen LogP contribution in [0.3, 0.4) is 0 Å². The van der Waals surface area contributed by atoms with E-state index in [0.717, 1.165) is 29.3 Å². The topological polar surface area (TPSA) is 18.5 Å². The first-order valence-corrected chi connectivity index (χ1v) is 8.26. The Morgan fingerprint density at radius 1 is 1.05 bits per heavy atom. The van der Waals surface area contributed by atoms with Crippen molar-refractivity contribution in [2.24, 2.45) is 17.8 Å². The van der Waals surface area contributed by atoms with Crippen molar-refractivity contribution in [3.05, 3.63) is 23.8 Å². The van der Waals surface area contributed by atoms with Gasteiger partial charge >= 0.3 is 0 Å². The van der Waals surface area contributed by atoms with Gasteiger partial charge in [-0.25, -0.2) is 0 Å². The van der Waals surface area contributed by atoms with E-state index in [1.54, 1.807) is 0 Å². The quantitative estimate of drug-likeness (QED) is 0.754. The zero-order valence-electron chi connectivity index (χ0n) is 11.0. The van der Waals surface area contributed by atoms with Crippen molar-refractivity contribution in [3.8, 4) is 11.5 Å². The van der Waals surface area contributed by atoms with Crippen LogP contribution >= 0.6 is 15.9 Å². The maximum Gasteiger partial charge on any atom is 0.161 e. The maximum atomic E-state index is 5.69. The zero-order valence-corrected chi connectivity index (χ0v) is 12.6. The van der Waals surface area contributed by atoms with E-state index >= 15 is 0 Å². The molecule has 0 saturated heterocycles. The molecular weight excluding hydrogens is 304 g/mol. The van der Waals surface area contributed by atoms with Gasteiger partial charge in [-0.3, -0.25) is 0 Å². The third-order valence-electron chi connectivity index (χ3n) is 5.05. The van der Waals surface area contributed by atoms with Gasteiger partial charge in [-0.1, -0.05) is 28.4 Å². The number of ether oxygens (including phenoxy) is 2. The van der Waals surface area contributed by atoms with E-state index in [1.165, 1.54) is 31.2 Å². The third kappa shape index (κ3) is 2.06. The molecule has 0 radical (unpaired) electrons. The fourth-order valence-corrected chi connectivity index (χ4v) is 5.06. The molecule has 0 N–H and O–H groups in total. The number of fused-ring (bicyclic) bond motifs is 3. The molecule has 1 heterocycles. The standard InChI is InChI=1S/C16H19BrO2/c17-16(13-8-10-1-2-11(13)7-10)12-3-4-14-15(9-12)19-6-5-18-14/h3-4,9-11,13,16H,1-2,5-8H2. The van der Waals surface area contributed by atoms with Crippen molar-refractivity contribution in [2.45, 2.75) is 30.5 Å². The third-order valence-corrected chi connectivity index (χ3v) is 6.26. The van der Waals surface area contributed by atoms with Gasteiger partial charge in [0.15, 0.2) is 11.5 Å². The average molecular weight is 323 g/mol. The highest BCUT2D eigenvalue weighted by molar-refractivity contribution is 9.09. The van der Waals surface area contributed by atoms with E-state index in [9.17, 15) is 0 Å². The van der Waals surface area contributed by atoms with Crippen molar-refractivity contribution < 1.29 is 9.47 Å². The van der Waals surface area contributed by atoms with Crippen LogP contribution in [0, 0.1) is 17.8 Å². The van der Waals surface area contributed by atoms with E-state index in [1.807, 2.05) is 0 Å². The van der Waals surface area contributed by atoms with Crippen molar-refractivity contribution in [1.29, 1.82) is 0 Å². The van der Waals surface area contributed by atoms with E-state index in [0.29, 0.717) is 18.0 Å². The number of rotatable bonds is 2. The first-order chi connectivity index (χ1) is 9.31. The molecule has 3 heteroatoms. The Kier molecular flexibility index (Phi) is 2.98. The van der Waals surface area contributed by atoms with Gasteiger partial charge in [0.2, 0.25) is 0 Å². The van der Waals surface area contributed by atoms with Gasteiger partial charge in [0.05, 0.1) is 0 Å². The fraction of sp³-hybridized carbons (Fsp3) is 0.625. The molecule has 2 fully saturated rings. The van der Waals surface area contributed by atoms with Gasteiger partial charge in [0.1, 0.15) is 13.2 Å². The summed E-state index contributed by atoms with van der Waals surface area (Å²) >= 11 is 3.95. The number of halogens is 1. The molecule has 4 atom stereocenters. The summed E-state index contributed by atoms with van der Waals surface area (Å²) in [5.41, 5.74) is 1.35. The van der Waals surface area contributed by atoms with E-state index in [2.05, 4.69) is 34.1 Å². The Morgan fingerprint density at radius 2 is 1.89 bits per heavy atom. The number of hydrogen-bond donors (Lipinski definition) is 0. The monoisotopic (exact) mass is 322 g/mol. The lowest BCUT2D eigenvalue weighted by Crippen LogP contribution is -2.17. The lowest BCUT2D eigenvalue weighted by Gasteiger charge is -2.28. The molecule has 1 aromatic rings. The molecule has 4 rings (SSSR count). The molecule has 3 aliphatic rings. The molecule has 102 valence electrons. The predicted octanol–water partition coefficient (Wildman–Crippen LogP) is 4.33. The van der Waals surface area contributed by atoms with Crippen LogP contribution in [0.15, 0.2) is 18.2 Å². The minimum atomic E-state index is 0.471. The highest BCUT2D eigenvalue weighted by Crippen LogP contribution is 2.55. The van der Waals surface area contributed by atoms with Crippen LogP contribution in [-0.4, -0.2) is 13.2 Å². The summed E-state index contributed by atoms with van der Waals surface area (Å²) in [5, 5.41) is 0. The van der Waals surface area contributed by atoms with Crippen LogP contribution in [0.2, 0.25) is 0 Å². The normalized spacial score (nSPS) is 33.4. The molecular formula is C16H19BrO2. The van der Waals surface area contributed by atoms with Gasteiger partial charge in [0.25, 0.3) is 0 Å². The minimum absolute atomic E-state index is 0.471. The summed E-state index contributed by atoms with van der Waals surface area (Å²) < 4.78 is 11.3. The van der Waals surface area contributed by atoms with Gasteiger partial charge < -0.3 is 9.47 Å². The van der Waals surface area contributed by atoms with Crippen LogP contribution in [-0.2, 0) is 0 Å². The average Bonchev–Trinajstić information content (AvgIpc) is 3.08. The molecule has 0 spiro atoms. The minimum Gasteiger partial charge on any atom is -0.486 e. The maximum absolute atomic E-state index is 5.69. The van der Waals surface area contributed by atoms with E-state index in [-0.39, 0.29) is 0 Å². The molecule has 2 bridgehead atoms. The van der Waals surface area contributed by atoms with E-state index < -0.39 is 0 Å². The highest BCUT2D eigenvalue weighted by Gasteiger charge is 2.42. The van der Waals surface area contributed by atoms with Crippen LogP contribution in [0.25, 0.3) is 0 Å². The summed E-state index contributed by atoms with van der Waals surface area (Å²) in [6, 6.07) is 6.42. The van der Waals surface area contributed by atoms with Crippen molar-refractivity contribution in [1.82, 2.24) is 0 Å².